The SMILES string of the molecule is CN(CC1CCC(CCc2ncc[nH]2)CC1)S(=O)(=O)c1ccc(C(F)(F)F)cc1. The van der Waals surface area contributed by atoms with E-state index in [0.29, 0.717) is 12.5 Å². The lowest BCUT2D eigenvalue weighted by molar-refractivity contribution is -0.137. The highest BCUT2D eigenvalue weighted by Crippen LogP contribution is 2.33. The average Bonchev–Trinajstić information content (AvgIpc) is 3.20. The minimum atomic E-state index is -4.48. The number of hydrogen-bond donors (Lipinski definition) is 1. The number of aromatic amines is 1. The van der Waals surface area contributed by atoms with Crippen LogP contribution in [0, 0.1) is 11.8 Å². The summed E-state index contributed by atoms with van der Waals surface area (Å²) in [6, 6.07) is 3.68. The summed E-state index contributed by atoms with van der Waals surface area (Å²) in [6.07, 6.45) is 5.09. The minimum absolute atomic E-state index is 0.111. The molecule has 0 spiro atoms. The van der Waals surface area contributed by atoms with Crippen molar-refractivity contribution in [1.82, 2.24) is 14.3 Å². The van der Waals surface area contributed by atoms with E-state index in [4.69, 9.17) is 0 Å². The summed E-state index contributed by atoms with van der Waals surface area (Å²) in [6.45, 7) is 0.383. The van der Waals surface area contributed by atoms with Crippen LogP contribution in [0.4, 0.5) is 13.2 Å². The highest BCUT2D eigenvalue weighted by molar-refractivity contribution is 7.89. The largest absolute Gasteiger partial charge is 0.416 e. The number of nitrogens with zero attached hydrogens (tertiary/aromatic N) is 2. The Bertz CT molecular complexity index is 873. The molecule has 1 aromatic heterocycles. The van der Waals surface area contributed by atoms with Gasteiger partial charge < -0.3 is 4.98 Å². The molecule has 5 nitrogen and oxygen atoms in total. The van der Waals surface area contributed by atoms with Crippen LogP contribution in [-0.2, 0) is 22.6 Å². The molecule has 0 saturated heterocycles. The third-order valence-electron chi connectivity index (χ3n) is 5.72. The minimum Gasteiger partial charge on any atom is -0.349 e. The van der Waals surface area contributed by atoms with Crippen molar-refractivity contribution >= 4 is 10.0 Å². The molecule has 1 N–H and O–H groups in total. The Morgan fingerprint density at radius 1 is 1.10 bits per heavy atom. The molecule has 1 heterocycles. The van der Waals surface area contributed by atoms with Gasteiger partial charge in [-0.2, -0.15) is 13.2 Å². The van der Waals surface area contributed by atoms with Crippen LogP contribution in [0.5, 0.6) is 0 Å². The Balaban J connectivity index is 1.51. The molecule has 0 bridgehead atoms. The molecule has 0 radical (unpaired) electrons. The number of sulfonamides is 1. The van der Waals surface area contributed by atoms with Gasteiger partial charge >= 0.3 is 6.18 Å². The number of nitrogens with one attached hydrogen (secondary N) is 1. The van der Waals surface area contributed by atoms with E-state index in [-0.39, 0.29) is 10.8 Å². The highest BCUT2D eigenvalue weighted by atomic mass is 32.2. The first-order valence-electron chi connectivity index (χ1n) is 9.78. The molecule has 1 aliphatic rings. The summed E-state index contributed by atoms with van der Waals surface area (Å²) in [4.78, 5) is 7.24. The van der Waals surface area contributed by atoms with Crippen LogP contribution < -0.4 is 0 Å². The van der Waals surface area contributed by atoms with Gasteiger partial charge in [-0.1, -0.05) is 12.8 Å². The standard InChI is InChI=1S/C20H26F3N3O2S/c1-26(29(27,28)18-9-7-17(8-10-18)20(21,22)23)14-16-4-2-15(3-5-16)6-11-19-24-12-13-25-19/h7-10,12-13,15-16H,2-6,11,14H2,1H3,(H,24,25). The van der Waals surface area contributed by atoms with Crippen LogP contribution >= 0.6 is 0 Å². The third-order valence-corrected chi connectivity index (χ3v) is 7.55. The van der Waals surface area contributed by atoms with Gasteiger partial charge in [0, 0.05) is 32.4 Å². The molecule has 1 fully saturated rings. The predicted molar refractivity (Wildman–Crippen MR) is 104 cm³/mol. The zero-order valence-corrected chi connectivity index (χ0v) is 17.1. The Hall–Kier alpha value is -1.87. The van der Waals surface area contributed by atoms with Gasteiger partial charge in [0.2, 0.25) is 10.0 Å². The highest BCUT2D eigenvalue weighted by Gasteiger charge is 2.32. The molecular weight excluding hydrogens is 403 g/mol. The van der Waals surface area contributed by atoms with Crippen LogP contribution in [-0.4, -0.2) is 36.3 Å². The van der Waals surface area contributed by atoms with Crippen molar-refractivity contribution < 1.29 is 21.6 Å². The summed E-state index contributed by atoms with van der Waals surface area (Å²) < 4.78 is 64.7. The van der Waals surface area contributed by atoms with E-state index in [1.54, 1.807) is 6.20 Å². The number of rotatable bonds is 7. The van der Waals surface area contributed by atoms with Crippen molar-refractivity contribution in [3.8, 4) is 0 Å². The lowest BCUT2D eigenvalue weighted by Crippen LogP contribution is -2.33. The number of benzene rings is 1. The molecule has 0 unspecified atom stereocenters. The van der Waals surface area contributed by atoms with E-state index in [9.17, 15) is 21.6 Å². The van der Waals surface area contributed by atoms with Crippen molar-refractivity contribution in [1.29, 1.82) is 0 Å². The zero-order chi connectivity index (χ0) is 21.1. The monoisotopic (exact) mass is 429 g/mol. The average molecular weight is 430 g/mol. The van der Waals surface area contributed by atoms with Crippen molar-refractivity contribution in [3.63, 3.8) is 0 Å². The van der Waals surface area contributed by atoms with E-state index < -0.39 is 21.8 Å². The normalized spacial score (nSPS) is 20.9. The first kappa shape index (κ1) is 21.8. The van der Waals surface area contributed by atoms with Crippen LogP contribution in [0.1, 0.15) is 43.5 Å². The van der Waals surface area contributed by atoms with E-state index in [0.717, 1.165) is 68.6 Å². The maximum atomic E-state index is 12.7. The van der Waals surface area contributed by atoms with Crippen LogP contribution in [0.2, 0.25) is 0 Å². The van der Waals surface area contributed by atoms with Crippen molar-refractivity contribution in [3.05, 3.63) is 48.0 Å². The predicted octanol–water partition coefficient (Wildman–Crippen LogP) is 4.49. The first-order valence-corrected chi connectivity index (χ1v) is 11.2. The Kier molecular flexibility index (Phi) is 6.68. The first-order chi connectivity index (χ1) is 13.7. The summed E-state index contributed by atoms with van der Waals surface area (Å²) in [5.41, 5.74) is -0.855. The number of halogens is 3. The molecule has 0 atom stereocenters. The molecule has 29 heavy (non-hydrogen) atoms. The van der Waals surface area contributed by atoms with E-state index in [2.05, 4.69) is 9.97 Å². The molecule has 0 aliphatic heterocycles. The van der Waals surface area contributed by atoms with E-state index in [1.807, 2.05) is 6.20 Å². The maximum Gasteiger partial charge on any atom is 0.416 e. The number of hydrogen-bond acceptors (Lipinski definition) is 3. The van der Waals surface area contributed by atoms with Gasteiger partial charge in [-0.05, 0) is 55.4 Å². The maximum absolute atomic E-state index is 12.7. The van der Waals surface area contributed by atoms with Crippen LogP contribution in [0.15, 0.2) is 41.6 Å². The Morgan fingerprint density at radius 2 is 1.72 bits per heavy atom. The lowest BCUT2D eigenvalue weighted by Gasteiger charge is -2.31. The fraction of sp³-hybridized carbons (Fsp3) is 0.550. The molecular formula is C20H26F3N3O2S. The van der Waals surface area contributed by atoms with Crippen LogP contribution in [0.3, 0.4) is 0 Å². The molecule has 9 heteroatoms. The van der Waals surface area contributed by atoms with Crippen molar-refractivity contribution in [2.24, 2.45) is 11.8 Å². The van der Waals surface area contributed by atoms with E-state index >= 15 is 0 Å². The van der Waals surface area contributed by atoms with Gasteiger partial charge in [0.1, 0.15) is 5.82 Å². The quantitative estimate of drug-likeness (QED) is 0.705. The number of aryl methyl sites for hydroxylation is 1. The molecule has 0 amide bonds. The van der Waals surface area contributed by atoms with Gasteiger partial charge in [0.15, 0.2) is 0 Å². The van der Waals surface area contributed by atoms with Crippen molar-refractivity contribution in [2.45, 2.75) is 49.6 Å². The number of alkyl halides is 3. The second-order valence-electron chi connectivity index (χ2n) is 7.77. The molecule has 160 valence electrons. The van der Waals surface area contributed by atoms with Gasteiger partial charge in [0.25, 0.3) is 0 Å². The fourth-order valence-corrected chi connectivity index (χ4v) is 5.18. The summed E-state index contributed by atoms with van der Waals surface area (Å²) >= 11 is 0. The molecule has 1 aromatic carbocycles. The molecule has 1 aliphatic carbocycles. The summed E-state index contributed by atoms with van der Waals surface area (Å²) in [5, 5.41) is 0. The number of aromatic nitrogens is 2. The van der Waals surface area contributed by atoms with Gasteiger partial charge in [0.05, 0.1) is 10.5 Å². The second kappa shape index (κ2) is 8.87. The molecule has 3 rings (SSSR count). The van der Waals surface area contributed by atoms with Gasteiger partial charge in [-0.3, -0.25) is 0 Å². The summed E-state index contributed by atoms with van der Waals surface area (Å²) in [7, 11) is -2.30. The number of H-pyrrole nitrogens is 1. The zero-order valence-electron chi connectivity index (χ0n) is 16.3. The molecule has 1 saturated carbocycles. The summed E-state index contributed by atoms with van der Waals surface area (Å²) in [5.74, 6) is 1.88. The molecule has 2 aromatic rings. The van der Waals surface area contributed by atoms with Gasteiger partial charge in [-0.15, -0.1) is 0 Å². The number of imidazole rings is 1. The van der Waals surface area contributed by atoms with Crippen molar-refractivity contribution in [2.75, 3.05) is 13.6 Å². The fourth-order valence-electron chi connectivity index (χ4n) is 3.94. The lowest BCUT2D eigenvalue weighted by atomic mass is 9.80. The smallest absolute Gasteiger partial charge is 0.349 e. The Labute approximate surface area is 169 Å². The second-order valence-corrected chi connectivity index (χ2v) is 9.81. The Morgan fingerprint density at radius 3 is 2.28 bits per heavy atom. The van der Waals surface area contributed by atoms with Gasteiger partial charge in [-0.25, -0.2) is 17.7 Å². The van der Waals surface area contributed by atoms with Crippen LogP contribution in [0.25, 0.3) is 0 Å². The topological polar surface area (TPSA) is 66.1 Å². The van der Waals surface area contributed by atoms with E-state index in [1.165, 1.54) is 11.4 Å². The third kappa shape index (κ3) is 5.60.